The average Bonchev–Trinajstić information content (AvgIpc) is 2.39. The van der Waals surface area contributed by atoms with E-state index in [2.05, 4.69) is 4.74 Å². The molecule has 0 aromatic heterocycles. The molecule has 0 aliphatic rings. The summed E-state index contributed by atoms with van der Waals surface area (Å²) in [6.07, 6.45) is 1.02. The number of methoxy groups -OCH3 is 1. The van der Waals surface area contributed by atoms with Gasteiger partial charge in [-0.25, -0.2) is 0 Å². The van der Waals surface area contributed by atoms with E-state index in [0.717, 1.165) is 0 Å². The van der Waals surface area contributed by atoms with Crippen molar-refractivity contribution in [2.45, 2.75) is 18.9 Å². The summed E-state index contributed by atoms with van der Waals surface area (Å²) in [6, 6.07) is 2.47. The van der Waals surface area contributed by atoms with E-state index in [0.29, 0.717) is 18.9 Å². The fraction of sp³-hybridized carbons (Fsp3) is 0.800. The molecule has 6 nitrogen and oxygen atoms in total. The van der Waals surface area contributed by atoms with Crippen molar-refractivity contribution in [2.24, 2.45) is 5.92 Å². The van der Waals surface area contributed by atoms with E-state index in [9.17, 15) is 4.79 Å². The van der Waals surface area contributed by atoms with Crippen molar-refractivity contribution in [2.75, 3.05) is 28.4 Å². The molecule has 1 atom stereocenters. The quantitative estimate of drug-likeness (QED) is 0.478. The average molecular weight is 261 g/mol. The van der Waals surface area contributed by atoms with Crippen LogP contribution in [0.1, 0.15) is 12.8 Å². The van der Waals surface area contributed by atoms with Gasteiger partial charge >= 0.3 is 14.8 Å². The maximum absolute atomic E-state index is 11.2. The van der Waals surface area contributed by atoms with Crippen LogP contribution in [0.25, 0.3) is 0 Å². The standard InChI is InChI=1S/C10H19NO5Si/c1-13-10(12)9(8-11)6-5-7-17(14-2,15-3)16-4/h9H,5-7H2,1-4H3. The summed E-state index contributed by atoms with van der Waals surface area (Å²) in [5, 5.41) is 8.80. The van der Waals surface area contributed by atoms with Crippen LogP contribution in [0.4, 0.5) is 0 Å². The summed E-state index contributed by atoms with van der Waals surface area (Å²) in [6.45, 7) is 0. The molecule has 0 heterocycles. The second kappa shape index (κ2) is 8.19. The van der Waals surface area contributed by atoms with Crippen LogP contribution < -0.4 is 0 Å². The van der Waals surface area contributed by atoms with Gasteiger partial charge in [-0.15, -0.1) is 0 Å². The lowest BCUT2D eigenvalue weighted by Crippen LogP contribution is -2.42. The Labute approximate surface area is 103 Å². The number of rotatable bonds is 8. The highest BCUT2D eigenvalue weighted by atomic mass is 28.4. The van der Waals surface area contributed by atoms with E-state index in [4.69, 9.17) is 18.5 Å². The molecule has 17 heavy (non-hydrogen) atoms. The molecule has 0 bridgehead atoms. The number of hydrogen-bond donors (Lipinski definition) is 0. The monoisotopic (exact) mass is 261 g/mol. The van der Waals surface area contributed by atoms with E-state index >= 15 is 0 Å². The SMILES string of the molecule is COC(=O)C(C#N)CCC[Si](OC)(OC)OC. The van der Waals surface area contributed by atoms with Crippen molar-refractivity contribution in [1.82, 2.24) is 0 Å². The first-order chi connectivity index (χ1) is 8.09. The van der Waals surface area contributed by atoms with Gasteiger partial charge < -0.3 is 18.0 Å². The molecule has 7 heteroatoms. The normalized spacial score (nSPS) is 12.9. The third-order valence-electron chi connectivity index (χ3n) is 2.55. The molecule has 0 aromatic rings. The molecule has 0 N–H and O–H groups in total. The first kappa shape index (κ1) is 16.1. The molecule has 1 unspecified atom stereocenters. The van der Waals surface area contributed by atoms with Gasteiger partial charge in [-0.2, -0.15) is 5.26 Å². The summed E-state index contributed by atoms with van der Waals surface area (Å²) >= 11 is 0. The molecule has 0 aromatic carbocycles. The minimum absolute atomic E-state index is 0.411. The molecular formula is C10H19NO5Si. The second-order valence-corrected chi connectivity index (χ2v) is 6.48. The number of nitriles is 1. The zero-order valence-corrected chi connectivity index (χ0v) is 11.7. The summed E-state index contributed by atoms with van der Waals surface area (Å²) in [4.78, 5) is 11.2. The van der Waals surface area contributed by atoms with Gasteiger partial charge in [0.05, 0.1) is 13.2 Å². The Balaban J connectivity index is 4.20. The van der Waals surface area contributed by atoms with Crippen LogP contribution >= 0.6 is 0 Å². The van der Waals surface area contributed by atoms with Gasteiger partial charge in [0.25, 0.3) is 0 Å². The lowest BCUT2D eigenvalue weighted by Gasteiger charge is -2.24. The van der Waals surface area contributed by atoms with Gasteiger partial charge in [0.15, 0.2) is 0 Å². The van der Waals surface area contributed by atoms with Crippen molar-refractivity contribution >= 4 is 14.8 Å². The van der Waals surface area contributed by atoms with Crippen molar-refractivity contribution in [3.63, 3.8) is 0 Å². The number of ether oxygens (including phenoxy) is 1. The lowest BCUT2D eigenvalue weighted by molar-refractivity contribution is -0.143. The van der Waals surface area contributed by atoms with E-state index in [1.54, 1.807) is 0 Å². The Bertz CT molecular complexity index is 266. The summed E-state index contributed by atoms with van der Waals surface area (Å²) < 4.78 is 20.2. The number of nitrogens with zero attached hydrogens (tertiary/aromatic N) is 1. The number of hydrogen-bond acceptors (Lipinski definition) is 6. The van der Waals surface area contributed by atoms with Crippen molar-refractivity contribution in [1.29, 1.82) is 5.26 Å². The van der Waals surface area contributed by atoms with Crippen LogP contribution in [0.15, 0.2) is 0 Å². The number of esters is 1. The van der Waals surface area contributed by atoms with Crippen molar-refractivity contribution in [3.05, 3.63) is 0 Å². The molecule has 0 radical (unpaired) electrons. The summed E-state index contributed by atoms with van der Waals surface area (Å²) in [5.74, 6) is -1.25. The Hall–Kier alpha value is -0.943. The van der Waals surface area contributed by atoms with Crippen LogP contribution in [0, 0.1) is 17.2 Å². The summed E-state index contributed by atoms with van der Waals surface area (Å²) in [7, 11) is 3.25. The third kappa shape index (κ3) is 4.83. The first-order valence-corrected chi connectivity index (χ1v) is 7.15. The Morgan fingerprint density at radius 1 is 1.24 bits per heavy atom. The van der Waals surface area contributed by atoms with Crippen LogP contribution in [-0.2, 0) is 22.8 Å². The smallest absolute Gasteiger partial charge is 0.468 e. The van der Waals surface area contributed by atoms with Gasteiger partial charge in [-0.1, -0.05) is 0 Å². The molecule has 0 saturated carbocycles. The molecule has 0 spiro atoms. The van der Waals surface area contributed by atoms with E-state index in [1.807, 2.05) is 6.07 Å². The van der Waals surface area contributed by atoms with Crippen LogP contribution in [0.2, 0.25) is 6.04 Å². The molecule has 0 amide bonds. The van der Waals surface area contributed by atoms with Gasteiger partial charge in [0.1, 0.15) is 5.92 Å². The van der Waals surface area contributed by atoms with Crippen molar-refractivity contribution < 1.29 is 22.8 Å². The molecule has 0 aliphatic carbocycles. The zero-order chi connectivity index (χ0) is 13.3. The maximum Gasteiger partial charge on any atom is 0.500 e. The Kier molecular flexibility index (Phi) is 7.74. The van der Waals surface area contributed by atoms with Gasteiger partial charge in [0.2, 0.25) is 0 Å². The highest BCUT2D eigenvalue weighted by Crippen LogP contribution is 2.19. The van der Waals surface area contributed by atoms with E-state index < -0.39 is 20.7 Å². The Morgan fingerprint density at radius 3 is 2.12 bits per heavy atom. The molecule has 0 rings (SSSR count). The third-order valence-corrected chi connectivity index (χ3v) is 5.38. The first-order valence-electron chi connectivity index (χ1n) is 5.22. The van der Waals surface area contributed by atoms with Gasteiger partial charge in [-0.3, -0.25) is 4.79 Å². The lowest BCUT2D eigenvalue weighted by atomic mass is 10.1. The Morgan fingerprint density at radius 2 is 1.76 bits per heavy atom. The molecule has 0 saturated heterocycles. The second-order valence-electron chi connectivity index (χ2n) is 3.39. The number of carbonyl (C=O) groups is 1. The van der Waals surface area contributed by atoms with Gasteiger partial charge in [-0.05, 0) is 12.8 Å². The molecular weight excluding hydrogens is 242 g/mol. The minimum atomic E-state index is -2.60. The minimum Gasteiger partial charge on any atom is -0.468 e. The molecule has 0 aliphatic heterocycles. The largest absolute Gasteiger partial charge is 0.500 e. The predicted octanol–water partition coefficient (Wildman–Crippen LogP) is 0.957. The van der Waals surface area contributed by atoms with Crippen LogP contribution in [0.5, 0.6) is 0 Å². The van der Waals surface area contributed by atoms with Crippen LogP contribution in [-0.4, -0.2) is 43.2 Å². The number of carbonyl (C=O) groups excluding carboxylic acids is 1. The zero-order valence-electron chi connectivity index (χ0n) is 10.7. The van der Waals surface area contributed by atoms with E-state index in [1.165, 1.54) is 28.4 Å². The van der Waals surface area contributed by atoms with E-state index in [-0.39, 0.29) is 0 Å². The predicted molar refractivity (Wildman–Crippen MR) is 61.9 cm³/mol. The fourth-order valence-electron chi connectivity index (χ4n) is 1.46. The molecule has 0 fully saturated rings. The maximum atomic E-state index is 11.2. The van der Waals surface area contributed by atoms with Gasteiger partial charge in [0, 0.05) is 27.4 Å². The van der Waals surface area contributed by atoms with Crippen molar-refractivity contribution in [3.8, 4) is 6.07 Å². The topological polar surface area (TPSA) is 77.8 Å². The highest BCUT2D eigenvalue weighted by molar-refractivity contribution is 6.60. The summed E-state index contributed by atoms with van der Waals surface area (Å²) in [5.41, 5.74) is 0. The molecule has 98 valence electrons. The van der Waals surface area contributed by atoms with Crippen LogP contribution in [0.3, 0.4) is 0 Å². The fourth-order valence-corrected chi connectivity index (χ4v) is 3.21. The highest BCUT2D eigenvalue weighted by Gasteiger charge is 2.37.